The molecule has 0 radical (unpaired) electrons. The van der Waals surface area contributed by atoms with Crippen LogP contribution in [-0.4, -0.2) is 17.5 Å². The van der Waals surface area contributed by atoms with Crippen molar-refractivity contribution < 1.29 is 19.1 Å². The third-order valence-corrected chi connectivity index (χ3v) is 2.05. The first-order valence-corrected chi connectivity index (χ1v) is 4.97. The summed E-state index contributed by atoms with van der Waals surface area (Å²) in [7, 11) is 0. The van der Waals surface area contributed by atoms with Crippen LogP contribution in [0.2, 0.25) is 0 Å². The van der Waals surface area contributed by atoms with Crippen molar-refractivity contribution in [2.45, 2.75) is 26.4 Å². The van der Waals surface area contributed by atoms with E-state index in [-0.39, 0.29) is 11.1 Å². The monoisotopic (exact) mass is 220 g/mol. The number of cyclic esters (lactones) is 2. The van der Waals surface area contributed by atoms with Crippen molar-refractivity contribution in [3.63, 3.8) is 0 Å². The SMILES string of the molecule is CC(C)(C)Oc1cccc2c1C(=O)OC2=O. The van der Waals surface area contributed by atoms with Crippen LogP contribution in [0.5, 0.6) is 5.75 Å². The van der Waals surface area contributed by atoms with E-state index < -0.39 is 17.5 Å². The van der Waals surface area contributed by atoms with Gasteiger partial charge in [-0.25, -0.2) is 9.59 Å². The molecule has 0 N–H and O–H groups in total. The summed E-state index contributed by atoms with van der Waals surface area (Å²) in [4.78, 5) is 22.8. The molecular formula is C12H12O4. The van der Waals surface area contributed by atoms with Gasteiger partial charge in [0.1, 0.15) is 16.9 Å². The van der Waals surface area contributed by atoms with Gasteiger partial charge in [-0.05, 0) is 32.9 Å². The topological polar surface area (TPSA) is 52.6 Å². The maximum Gasteiger partial charge on any atom is 0.350 e. The van der Waals surface area contributed by atoms with E-state index in [1.54, 1.807) is 18.2 Å². The average molecular weight is 220 g/mol. The molecule has 0 amide bonds. The van der Waals surface area contributed by atoms with Crippen molar-refractivity contribution in [1.29, 1.82) is 0 Å². The zero-order valence-electron chi connectivity index (χ0n) is 9.37. The van der Waals surface area contributed by atoms with Crippen molar-refractivity contribution in [2.24, 2.45) is 0 Å². The van der Waals surface area contributed by atoms with E-state index in [4.69, 9.17) is 4.74 Å². The highest BCUT2D eigenvalue weighted by Crippen LogP contribution is 2.31. The minimum absolute atomic E-state index is 0.224. The van der Waals surface area contributed by atoms with Crippen LogP contribution in [0.25, 0.3) is 0 Å². The van der Waals surface area contributed by atoms with Gasteiger partial charge in [0.05, 0.1) is 5.56 Å². The van der Waals surface area contributed by atoms with Crippen molar-refractivity contribution >= 4 is 11.9 Å². The number of ether oxygens (including phenoxy) is 2. The first kappa shape index (κ1) is 10.7. The first-order valence-electron chi connectivity index (χ1n) is 4.97. The Morgan fingerprint density at radius 2 is 1.81 bits per heavy atom. The summed E-state index contributed by atoms with van der Waals surface area (Å²) in [6.07, 6.45) is 0. The van der Waals surface area contributed by atoms with E-state index >= 15 is 0 Å². The fourth-order valence-corrected chi connectivity index (χ4v) is 1.52. The van der Waals surface area contributed by atoms with Gasteiger partial charge in [0.15, 0.2) is 0 Å². The van der Waals surface area contributed by atoms with Crippen molar-refractivity contribution in [3.8, 4) is 5.75 Å². The van der Waals surface area contributed by atoms with E-state index in [2.05, 4.69) is 4.74 Å². The van der Waals surface area contributed by atoms with E-state index in [0.29, 0.717) is 5.75 Å². The predicted molar refractivity (Wildman–Crippen MR) is 56.6 cm³/mol. The van der Waals surface area contributed by atoms with E-state index in [1.807, 2.05) is 20.8 Å². The van der Waals surface area contributed by atoms with Crippen LogP contribution < -0.4 is 4.74 Å². The van der Waals surface area contributed by atoms with E-state index in [1.165, 1.54) is 0 Å². The van der Waals surface area contributed by atoms with Crippen molar-refractivity contribution in [2.75, 3.05) is 0 Å². The van der Waals surface area contributed by atoms with E-state index in [9.17, 15) is 9.59 Å². The number of hydrogen-bond donors (Lipinski definition) is 0. The minimum atomic E-state index is -0.639. The molecular weight excluding hydrogens is 208 g/mol. The minimum Gasteiger partial charge on any atom is -0.487 e. The lowest BCUT2D eigenvalue weighted by molar-refractivity contribution is 0.0440. The molecule has 84 valence electrons. The highest BCUT2D eigenvalue weighted by atomic mass is 16.6. The van der Waals surface area contributed by atoms with Crippen LogP contribution >= 0.6 is 0 Å². The molecule has 0 fully saturated rings. The summed E-state index contributed by atoms with van der Waals surface area (Å²) in [5, 5.41) is 0. The number of rotatable bonds is 1. The summed E-state index contributed by atoms with van der Waals surface area (Å²) < 4.78 is 10.1. The molecule has 0 aromatic heterocycles. The predicted octanol–water partition coefficient (Wildman–Crippen LogP) is 2.17. The Labute approximate surface area is 93.2 Å². The Kier molecular flexibility index (Phi) is 2.22. The molecule has 0 atom stereocenters. The highest BCUT2D eigenvalue weighted by molar-refractivity contribution is 6.16. The summed E-state index contributed by atoms with van der Waals surface area (Å²) in [5.41, 5.74) is 0.0651. The molecule has 1 heterocycles. The van der Waals surface area contributed by atoms with Gasteiger partial charge in [0, 0.05) is 0 Å². The van der Waals surface area contributed by atoms with E-state index in [0.717, 1.165) is 0 Å². The molecule has 0 saturated carbocycles. The molecule has 0 unspecified atom stereocenters. The normalized spacial score (nSPS) is 14.7. The number of carbonyl (C=O) groups is 2. The zero-order chi connectivity index (χ0) is 11.9. The summed E-state index contributed by atoms with van der Waals surface area (Å²) in [5.74, 6) is -0.861. The zero-order valence-corrected chi connectivity index (χ0v) is 9.37. The molecule has 16 heavy (non-hydrogen) atoms. The first-order chi connectivity index (χ1) is 7.38. The van der Waals surface area contributed by atoms with Gasteiger partial charge in [-0.1, -0.05) is 6.07 Å². The second-order valence-corrected chi connectivity index (χ2v) is 4.57. The van der Waals surface area contributed by atoms with Crippen molar-refractivity contribution in [3.05, 3.63) is 29.3 Å². The maximum absolute atomic E-state index is 11.5. The second-order valence-electron chi connectivity index (χ2n) is 4.57. The molecule has 4 nitrogen and oxygen atoms in total. The van der Waals surface area contributed by atoms with Crippen LogP contribution in [0.15, 0.2) is 18.2 Å². The average Bonchev–Trinajstić information content (AvgIpc) is 2.41. The summed E-state index contributed by atoms with van der Waals surface area (Å²) in [6, 6.07) is 4.88. The molecule has 2 rings (SSSR count). The van der Waals surface area contributed by atoms with Gasteiger partial charge in [0.2, 0.25) is 0 Å². The van der Waals surface area contributed by atoms with Gasteiger partial charge < -0.3 is 9.47 Å². The molecule has 1 aromatic carbocycles. The smallest absolute Gasteiger partial charge is 0.350 e. The van der Waals surface area contributed by atoms with Gasteiger partial charge in [-0.3, -0.25) is 0 Å². The fraction of sp³-hybridized carbons (Fsp3) is 0.333. The fourth-order valence-electron chi connectivity index (χ4n) is 1.52. The molecule has 1 aromatic rings. The largest absolute Gasteiger partial charge is 0.487 e. The third-order valence-electron chi connectivity index (χ3n) is 2.05. The molecule has 0 saturated heterocycles. The van der Waals surface area contributed by atoms with Crippen LogP contribution in [0.3, 0.4) is 0 Å². The van der Waals surface area contributed by atoms with Crippen LogP contribution in [-0.2, 0) is 4.74 Å². The lowest BCUT2D eigenvalue weighted by Crippen LogP contribution is -2.24. The maximum atomic E-state index is 11.5. The number of fused-ring (bicyclic) bond motifs is 1. The number of carbonyl (C=O) groups excluding carboxylic acids is 2. The number of esters is 2. The molecule has 0 aliphatic carbocycles. The Bertz CT molecular complexity index is 468. The standard InChI is InChI=1S/C12H12O4/c1-12(2,3)16-8-6-4-5-7-9(8)11(14)15-10(7)13/h4-6H,1-3H3. The lowest BCUT2D eigenvalue weighted by atomic mass is 10.1. The molecule has 1 aliphatic rings. The molecule has 1 aliphatic heterocycles. The van der Waals surface area contributed by atoms with Crippen LogP contribution in [0.1, 0.15) is 41.5 Å². The molecule has 0 bridgehead atoms. The number of hydrogen-bond acceptors (Lipinski definition) is 4. The second kappa shape index (κ2) is 3.33. The van der Waals surface area contributed by atoms with Gasteiger partial charge in [0.25, 0.3) is 0 Å². The third kappa shape index (κ3) is 1.78. The van der Waals surface area contributed by atoms with Gasteiger partial charge in [-0.2, -0.15) is 0 Å². The molecule has 0 spiro atoms. The molecule has 4 heteroatoms. The van der Waals surface area contributed by atoms with Crippen molar-refractivity contribution in [1.82, 2.24) is 0 Å². The van der Waals surface area contributed by atoms with Crippen LogP contribution in [0, 0.1) is 0 Å². The highest BCUT2D eigenvalue weighted by Gasteiger charge is 2.33. The lowest BCUT2D eigenvalue weighted by Gasteiger charge is -2.22. The quantitative estimate of drug-likeness (QED) is 0.537. The Morgan fingerprint density at radius 1 is 1.12 bits per heavy atom. The summed E-state index contributed by atoms with van der Waals surface area (Å²) >= 11 is 0. The Balaban J connectivity index is 2.50. The Morgan fingerprint density at radius 3 is 2.44 bits per heavy atom. The van der Waals surface area contributed by atoms with Gasteiger partial charge in [-0.15, -0.1) is 0 Å². The number of benzene rings is 1. The Hall–Kier alpha value is -1.84. The van der Waals surface area contributed by atoms with Crippen LogP contribution in [0.4, 0.5) is 0 Å². The summed E-state index contributed by atoms with van der Waals surface area (Å²) in [6.45, 7) is 5.61. The van der Waals surface area contributed by atoms with Gasteiger partial charge >= 0.3 is 11.9 Å².